The van der Waals surface area contributed by atoms with Crippen molar-refractivity contribution in [3.05, 3.63) is 16.7 Å². The number of nitrogens with zero attached hydrogens (tertiary/aromatic N) is 3. The molecular formula is C19H28N6O16P2S2-2. The van der Waals surface area contributed by atoms with E-state index in [0.717, 1.165) is 21.7 Å². The third-order valence-electron chi connectivity index (χ3n) is 6.41. The van der Waals surface area contributed by atoms with Crippen LogP contribution in [0.5, 0.6) is 0 Å². The van der Waals surface area contributed by atoms with Crippen molar-refractivity contribution < 1.29 is 72.1 Å². The summed E-state index contributed by atoms with van der Waals surface area (Å²) in [5, 5.41) is 53.1. The van der Waals surface area contributed by atoms with Crippen LogP contribution in [0, 0.1) is 0 Å². The summed E-state index contributed by atoms with van der Waals surface area (Å²) in [5.74, 6) is -1.21. The topological polar surface area (TPSA) is 346 Å². The van der Waals surface area contributed by atoms with Gasteiger partial charge in [-0.25, -0.2) is 9.29 Å². The maximum Gasteiger partial charge on any atom is 0.280 e. The number of aliphatic hydroxyl groups excluding tert-OH is 5. The SMILES string of the molecule is CSSCC(=O)NC1C(OP(=O)([O-])OP(=O)([O-])OCC2OC(n3cnc4c(=O)[nH]c(N)nc43)C(O)C2O)OC(CO)C(O)C1O. The zero-order valence-corrected chi connectivity index (χ0v) is 26.2. The van der Waals surface area contributed by atoms with Crippen molar-refractivity contribution in [1.29, 1.82) is 0 Å². The number of ether oxygens (including phenoxy) is 2. The monoisotopic (exact) mass is 722 g/mol. The van der Waals surface area contributed by atoms with Gasteiger partial charge in [-0.15, -0.1) is 0 Å². The number of rotatable bonds is 13. The molecule has 11 unspecified atom stereocenters. The van der Waals surface area contributed by atoms with E-state index in [1.807, 2.05) is 0 Å². The van der Waals surface area contributed by atoms with Gasteiger partial charge in [-0.05, 0) is 6.26 Å². The van der Waals surface area contributed by atoms with E-state index in [0.29, 0.717) is 0 Å². The molecule has 2 fully saturated rings. The first-order chi connectivity index (χ1) is 21.1. The maximum absolute atomic E-state index is 12.5. The van der Waals surface area contributed by atoms with Gasteiger partial charge in [0.25, 0.3) is 21.2 Å². The number of aliphatic hydroxyl groups is 5. The fourth-order valence-corrected chi connectivity index (χ4v) is 7.42. The second-order valence-electron chi connectivity index (χ2n) is 9.43. The lowest BCUT2D eigenvalue weighted by Crippen LogP contribution is -2.64. The summed E-state index contributed by atoms with van der Waals surface area (Å²) in [6.45, 7) is -2.03. The predicted octanol–water partition coefficient (Wildman–Crippen LogP) is -4.76. The Labute approximate surface area is 259 Å². The number of aromatic amines is 1. The van der Waals surface area contributed by atoms with Crippen molar-refractivity contribution in [3.63, 3.8) is 0 Å². The van der Waals surface area contributed by atoms with Crippen LogP contribution in [0.2, 0.25) is 0 Å². The number of aromatic nitrogens is 4. The van der Waals surface area contributed by atoms with E-state index in [1.165, 1.54) is 10.8 Å². The molecule has 26 heteroatoms. The molecule has 45 heavy (non-hydrogen) atoms. The lowest BCUT2D eigenvalue weighted by molar-refractivity contribution is -0.285. The number of hydrogen-bond donors (Lipinski definition) is 8. The van der Waals surface area contributed by atoms with Gasteiger partial charge < -0.3 is 60.4 Å². The van der Waals surface area contributed by atoms with Crippen LogP contribution in [0.15, 0.2) is 11.1 Å². The second kappa shape index (κ2) is 14.6. The number of carbonyl (C=O) groups excluding carboxylic acids is 1. The molecule has 0 radical (unpaired) electrons. The summed E-state index contributed by atoms with van der Waals surface area (Å²) in [7, 11) is -9.52. The van der Waals surface area contributed by atoms with E-state index in [2.05, 4.69) is 33.6 Å². The van der Waals surface area contributed by atoms with Gasteiger partial charge in [0, 0.05) is 0 Å². The maximum atomic E-state index is 12.5. The van der Waals surface area contributed by atoms with Gasteiger partial charge in [0.1, 0.15) is 42.7 Å². The summed E-state index contributed by atoms with van der Waals surface area (Å²) in [6, 6.07) is -1.77. The number of H-pyrrole nitrogens is 1. The Hall–Kier alpha value is -1.70. The summed E-state index contributed by atoms with van der Waals surface area (Å²) < 4.78 is 49.8. The number of anilines is 1. The first-order valence-electron chi connectivity index (χ1n) is 12.5. The number of phosphoric ester groups is 2. The third-order valence-corrected chi connectivity index (χ3v) is 10.6. The molecule has 11 atom stereocenters. The molecule has 4 rings (SSSR count). The number of nitrogens with one attached hydrogen (secondary N) is 2. The number of fused-ring (bicyclic) bond motifs is 1. The van der Waals surface area contributed by atoms with Crippen LogP contribution in [-0.4, -0.2) is 125 Å². The fourth-order valence-electron chi connectivity index (χ4n) is 4.35. The Kier molecular flexibility index (Phi) is 11.7. The van der Waals surface area contributed by atoms with E-state index in [1.54, 1.807) is 6.26 Å². The number of nitrogen functional groups attached to an aromatic ring is 1. The van der Waals surface area contributed by atoms with Crippen LogP contribution in [0.4, 0.5) is 5.95 Å². The first kappa shape index (κ1) is 36.1. The van der Waals surface area contributed by atoms with Gasteiger partial charge in [0.2, 0.25) is 11.9 Å². The molecule has 2 aromatic rings. The average molecular weight is 723 g/mol. The third kappa shape index (κ3) is 8.43. The van der Waals surface area contributed by atoms with Crippen molar-refractivity contribution >= 4 is 60.3 Å². The Morgan fingerprint density at radius 1 is 1.16 bits per heavy atom. The van der Waals surface area contributed by atoms with Gasteiger partial charge in [-0.1, -0.05) is 21.6 Å². The molecule has 254 valence electrons. The summed E-state index contributed by atoms with van der Waals surface area (Å²) in [5.41, 5.74) is 4.50. The molecule has 22 nitrogen and oxygen atoms in total. The highest BCUT2D eigenvalue weighted by atomic mass is 33.1. The van der Waals surface area contributed by atoms with E-state index < -0.39 is 95.5 Å². The fraction of sp³-hybridized carbons (Fsp3) is 0.684. The number of nitrogens with two attached hydrogens (primary N) is 1. The highest BCUT2D eigenvalue weighted by molar-refractivity contribution is 8.76. The zero-order valence-electron chi connectivity index (χ0n) is 22.8. The van der Waals surface area contributed by atoms with Crippen molar-refractivity contribution in [2.75, 3.05) is 31.0 Å². The van der Waals surface area contributed by atoms with Crippen LogP contribution >= 0.6 is 37.2 Å². The number of amides is 1. The van der Waals surface area contributed by atoms with Gasteiger partial charge in [0.05, 0.1) is 25.3 Å². The van der Waals surface area contributed by atoms with E-state index in [9.17, 15) is 54.0 Å². The molecule has 2 saturated heterocycles. The average Bonchev–Trinajstić information content (AvgIpc) is 3.50. The van der Waals surface area contributed by atoms with Crippen LogP contribution < -0.4 is 26.4 Å². The van der Waals surface area contributed by atoms with Crippen molar-refractivity contribution in [2.24, 2.45) is 0 Å². The smallest absolute Gasteiger partial charge is 0.280 e. The van der Waals surface area contributed by atoms with Crippen LogP contribution in [0.3, 0.4) is 0 Å². The molecule has 2 aromatic heterocycles. The van der Waals surface area contributed by atoms with Gasteiger partial charge in [-0.2, -0.15) is 4.98 Å². The first-order valence-corrected chi connectivity index (χ1v) is 18.2. The van der Waals surface area contributed by atoms with E-state index in [4.69, 9.17) is 15.2 Å². The van der Waals surface area contributed by atoms with Gasteiger partial charge in [-0.3, -0.25) is 32.8 Å². The van der Waals surface area contributed by atoms with Gasteiger partial charge in [0.15, 0.2) is 23.7 Å². The van der Waals surface area contributed by atoms with Crippen LogP contribution in [-0.2, 0) is 36.8 Å². The predicted molar refractivity (Wildman–Crippen MR) is 147 cm³/mol. The molecule has 1 amide bonds. The zero-order chi connectivity index (χ0) is 33.3. The lowest BCUT2D eigenvalue weighted by atomic mass is 9.97. The van der Waals surface area contributed by atoms with E-state index in [-0.39, 0.29) is 22.9 Å². The summed E-state index contributed by atoms with van der Waals surface area (Å²) >= 11 is 0. The molecule has 0 spiro atoms. The highest BCUT2D eigenvalue weighted by Crippen LogP contribution is 2.57. The number of imidazole rings is 1. The van der Waals surface area contributed by atoms with Crippen molar-refractivity contribution in [2.45, 2.75) is 55.2 Å². The molecule has 9 N–H and O–H groups in total. The van der Waals surface area contributed by atoms with Crippen molar-refractivity contribution in [1.82, 2.24) is 24.8 Å². The van der Waals surface area contributed by atoms with Crippen molar-refractivity contribution in [3.8, 4) is 0 Å². The number of hydrogen-bond acceptors (Lipinski definition) is 21. The molecule has 0 saturated carbocycles. The Morgan fingerprint density at radius 3 is 2.51 bits per heavy atom. The minimum atomic E-state index is -5.97. The van der Waals surface area contributed by atoms with Crippen LogP contribution in [0.25, 0.3) is 11.2 Å². The Balaban J connectivity index is 1.41. The lowest BCUT2D eigenvalue weighted by Gasteiger charge is -2.44. The Morgan fingerprint density at radius 2 is 1.84 bits per heavy atom. The standard InChI is InChI=1S/C19H30N6O16P2S2/c1-44-45-4-8(27)22-9-13(30)11(28)6(2-26)39-18(9)40-43(35,36)41-42(33,34)37-3-7-12(29)14(31)17(38-7)25-5-21-10-15(25)23-19(20)24-16(10)32/h5-7,9,11-14,17-18,26,28-31H,2-4H2,1H3,(H,22,27)(H,33,34)(H,35,36)(H3,20,23,24,32)/p-2. The molecule has 0 aromatic carbocycles. The van der Waals surface area contributed by atoms with E-state index >= 15 is 0 Å². The quantitative estimate of drug-likeness (QED) is 0.0710. The van der Waals surface area contributed by atoms with Crippen LogP contribution in [0.1, 0.15) is 6.23 Å². The molecular weight excluding hydrogens is 694 g/mol. The number of phosphoric acid groups is 2. The Bertz CT molecular complexity index is 1520. The molecule has 0 aliphatic carbocycles. The summed E-state index contributed by atoms with van der Waals surface area (Å²) in [4.78, 5) is 59.1. The number of carbonyl (C=O) groups is 1. The van der Waals surface area contributed by atoms with Gasteiger partial charge >= 0.3 is 0 Å². The molecule has 2 aliphatic rings. The molecule has 0 bridgehead atoms. The normalized spacial score (nSPS) is 33.1. The molecule has 4 heterocycles. The largest absolute Gasteiger partial charge is 0.756 e. The minimum Gasteiger partial charge on any atom is -0.756 e. The molecule has 2 aliphatic heterocycles. The minimum absolute atomic E-state index is 0.139. The highest BCUT2D eigenvalue weighted by Gasteiger charge is 2.48. The summed E-state index contributed by atoms with van der Waals surface area (Å²) in [6.07, 6.45) is -11.4. The second-order valence-corrected chi connectivity index (χ2v) is 14.9.